The van der Waals surface area contributed by atoms with Crippen LogP contribution in [0.3, 0.4) is 0 Å². The van der Waals surface area contributed by atoms with Gasteiger partial charge in [-0.3, -0.25) is 9.88 Å². The maximum absolute atomic E-state index is 12.7. The van der Waals surface area contributed by atoms with E-state index in [-0.39, 0.29) is 16.9 Å². The third-order valence-electron chi connectivity index (χ3n) is 4.46. The average Bonchev–Trinajstić information content (AvgIpc) is 2.87. The van der Waals surface area contributed by atoms with Crippen LogP contribution in [0.1, 0.15) is 0 Å². The second-order valence-electron chi connectivity index (χ2n) is 5.97. The first kappa shape index (κ1) is 16.8. The highest BCUT2D eigenvalue weighted by Crippen LogP contribution is 2.28. The molecule has 0 radical (unpaired) electrons. The van der Waals surface area contributed by atoms with Gasteiger partial charge in [-0.05, 0) is 12.1 Å². The molecule has 0 N–H and O–H groups in total. The molecular formula is C15H23N3O4S. The Balaban J connectivity index is 1.70. The zero-order valence-corrected chi connectivity index (χ0v) is 14.1. The van der Waals surface area contributed by atoms with Crippen molar-refractivity contribution in [3.8, 4) is 0 Å². The molecule has 23 heavy (non-hydrogen) atoms. The Bertz CT molecular complexity index is 608. The predicted octanol–water partition coefficient (Wildman–Crippen LogP) is 0.0493. The van der Waals surface area contributed by atoms with Crippen molar-refractivity contribution in [3.63, 3.8) is 0 Å². The zero-order chi connectivity index (χ0) is 16.3. The topological polar surface area (TPSA) is 72.0 Å². The van der Waals surface area contributed by atoms with Gasteiger partial charge in [-0.15, -0.1) is 0 Å². The van der Waals surface area contributed by atoms with Crippen LogP contribution in [0, 0.1) is 5.92 Å². The lowest BCUT2D eigenvalue weighted by molar-refractivity contribution is 0.0543. The van der Waals surface area contributed by atoms with Gasteiger partial charge in [-0.25, -0.2) is 8.42 Å². The first-order valence-corrected chi connectivity index (χ1v) is 9.28. The Morgan fingerprint density at radius 3 is 3.00 bits per heavy atom. The molecule has 0 bridgehead atoms. The van der Waals surface area contributed by atoms with Crippen LogP contribution < -0.4 is 0 Å². The van der Waals surface area contributed by atoms with Gasteiger partial charge in [0.15, 0.2) is 0 Å². The van der Waals surface area contributed by atoms with E-state index < -0.39 is 10.0 Å². The van der Waals surface area contributed by atoms with Gasteiger partial charge >= 0.3 is 0 Å². The van der Waals surface area contributed by atoms with Gasteiger partial charge in [0.05, 0.1) is 19.3 Å². The molecule has 2 aliphatic heterocycles. The van der Waals surface area contributed by atoms with Crippen molar-refractivity contribution in [2.24, 2.45) is 5.92 Å². The van der Waals surface area contributed by atoms with E-state index in [9.17, 15) is 8.42 Å². The van der Waals surface area contributed by atoms with E-state index in [1.54, 1.807) is 25.4 Å². The molecule has 7 nitrogen and oxygen atoms in total. The summed E-state index contributed by atoms with van der Waals surface area (Å²) in [5, 5.41) is 0. The minimum Gasteiger partial charge on any atom is -0.383 e. The molecule has 0 spiro atoms. The molecule has 2 saturated heterocycles. The summed E-state index contributed by atoms with van der Waals surface area (Å²) in [6.07, 6.45) is 2.94. The largest absolute Gasteiger partial charge is 0.383 e. The highest BCUT2D eigenvalue weighted by atomic mass is 32.2. The number of fused-ring (bicyclic) bond motifs is 1. The van der Waals surface area contributed by atoms with Gasteiger partial charge in [-0.1, -0.05) is 0 Å². The van der Waals surface area contributed by atoms with E-state index in [1.165, 1.54) is 10.5 Å². The second kappa shape index (κ2) is 7.23. The maximum atomic E-state index is 12.7. The molecule has 1 aromatic rings. The van der Waals surface area contributed by atoms with E-state index in [4.69, 9.17) is 9.47 Å². The van der Waals surface area contributed by atoms with Crippen molar-refractivity contribution in [1.82, 2.24) is 14.2 Å². The van der Waals surface area contributed by atoms with Crippen LogP contribution in [-0.4, -0.2) is 81.8 Å². The van der Waals surface area contributed by atoms with E-state index in [0.29, 0.717) is 26.3 Å². The van der Waals surface area contributed by atoms with Crippen molar-refractivity contribution in [1.29, 1.82) is 0 Å². The number of nitrogens with zero attached hydrogens (tertiary/aromatic N) is 3. The molecule has 3 heterocycles. The number of ether oxygens (including phenoxy) is 2. The van der Waals surface area contributed by atoms with Crippen molar-refractivity contribution in [2.75, 3.05) is 53.0 Å². The first-order valence-electron chi connectivity index (χ1n) is 7.84. The van der Waals surface area contributed by atoms with Crippen LogP contribution in [0.2, 0.25) is 0 Å². The van der Waals surface area contributed by atoms with Crippen molar-refractivity contribution >= 4 is 10.0 Å². The van der Waals surface area contributed by atoms with E-state index >= 15 is 0 Å². The lowest BCUT2D eigenvalue weighted by Crippen LogP contribution is -2.35. The fourth-order valence-corrected chi connectivity index (χ4v) is 4.67. The summed E-state index contributed by atoms with van der Waals surface area (Å²) in [6.45, 7) is 4.77. The van der Waals surface area contributed by atoms with Gasteiger partial charge in [0, 0.05) is 58.1 Å². The number of methoxy groups -OCH3 is 1. The van der Waals surface area contributed by atoms with Crippen LogP contribution in [0.5, 0.6) is 0 Å². The minimum absolute atomic E-state index is 0.0333. The molecule has 8 heteroatoms. The minimum atomic E-state index is -3.50. The molecule has 0 unspecified atom stereocenters. The zero-order valence-electron chi connectivity index (χ0n) is 13.3. The summed E-state index contributed by atoms with van der Waals surface area (Å²) in [7, 11) is -1.81. The molecule has 2 fully saturated rings. The Morgan fingerprint density at radius 1 is 1.39 bits per heavy atom. The second-order valence-corrected chi connectivity index (χ2v) is 7.91. The molecule has 0 saturated carbocycles. The maximum Gasteiger partial charge on any atom is 0.244 e. The molecule has 0 amide bonds. The number of hydrogen-bond donors (Lipinski definition) is 0. The van der Waals surface area contributed by atoms with Gasteiger partial charge in [0.1, 0.15) is 4.90 Å². The number of aromatic nitrogens is 1. The Labute approximate surface area is 137 Å². The van der Waals surface area contributed by atoms with Gasteiger partial charge in [0.25, 0.3) is 0 Å². The summed E-state index contributed by atoms with van der Waals surface area (Å²) in [5.41, 5.74) is 0. The number of rotatable bonds is 5. The first-order chi connectivity index (χ1) is 11.1. The summed E-state index contributed by atoms with van der Waals surface area (Å²) >= 11 is 0. The smallest absolute Gasteiger partial charge is 0.244 e. The highest BCUT2D eigenvalue weighted by molar-refractivity contribution is 7.89. The molecular weight excluding hydrogens is 318 g/mol. The van der Waals surface area contributed by atoms with Gasteiger partial charge in [-0.2, -0.15) is 4.31 Å². The highest BCUT2D eigenvalue weighted by Gasteiger charge is 2.41. The monoisotopic (exact) mass is 341 g/mol. The summed E-state index contributed by atoms with van der Waals surface area (Å²) < 4.78 is 38.0. The Morgan fingerprint density at radius 2 is 2.26 bits per heavy atom. The SMILES string of the molecule is COCCN1CCO[C@H]2CN(S(=O)(=O)c3cccnc3)C[C@H]2C1. The molecule has 3 rings (SSSR count). The van der Waals surface area contributed by atoms with Crippen molar-refractivity contribution < 1.29 is 17.9 Å². The Hall–Kier alpha value is -1.06. The van der Waals surface area contributed by atoms with Gasteiger partial charge < -0.3 is 9.47 Å². The van der Waals surface area contributed by atoms with E-state index in [2.05, 4.69) is 9.88 Å². The van der Waals surface area contributed by atoms with E-state index in [1.807, 2.05) is 0 Å². The summed E-state index contributed by atoms with van der Waals surface area (Å²) in [4.78, 5) is 6.44. The number of hydrogen-bond acceptors (Lipinski definition) is 6. The average molecular weight is 341 g/mol. The van der Waals surface area contributed by atoms with Crippen molar-refractivity contribution in [3.05, 3.63) is 24.5 Å². The quantitative estimate of drug-likeness (QED) is 0.754. The molecule has 1 aromatic heterocycles. The summed E-state index contributed by atoms with van der Waals surface area (Å²) in [6, 6.07) is 3.23. The van der Waals surface area contributed by atoms with Crippen LogP contribution >= 0.6 is 0 Å². The number of pyridine rings is 1. The molecule has 2 atom stereocenters. The summed E-state index contributed by atoms with van der Waals surface area (Å²) in [5.74, 6) is 0.195. The third-order valence-corrected chi connectivity index (χ3v) is 6.28. The predicted molar refractivity (Wildman–Crippen MR) is 84.5 cm³/mol. The van der Waals surface area contributed by atoms with Crippen LogP contribution in [-0.2, 0) is 19.5 Å². The van der Waals surface area contributed by atoms with E-state index in [0.717, 1.165) is 19.6 Å². The fraction of sp³-hybridized carbons (Fsp3) is 0.667. The molecule has 128 valence electrons. The van der Waals surface area contributed by atoms with Crippen LogP contribution in [0.25, 0.3) is 0 Å². The Kier molecular flexibility index (Phi) is 5.27. The fourth-order valence-electron chi connectivity index (χ4n) is 3.19. The lowest BCUT2D eigenvalue weighted by atomic mass is 10.1. The van der Waals surface area contributed by atoms with Crippen LogP contribution in [0.15, 0.2) is 29.4 Å². The number of sulfonamides is 1. The third kappa shape index (κ3) is 3.72. The molecule has 0 aliphatic carbocycles. The molecule has 0 aromatic carbocycles. The van der Waals surface area contributed by atoms with Crippen LogP contribution in [0.4, 0.5) is 0 Å². The standard InChI is InChI=1S/C15H23N3O4S/c1-21-7-5-17-6-8-22-15-12-18(11-13(15)10-17)23(19,20)14-3-2-4-16-9-14/h2-4,9,13,15H,5-8,10-12H2,1H3/t13-,15+/m1/s1. The van der Waals surface area contributed by atoms with Gasteiger partial charge in [0.2, 0.25) is 10.0 Å². The lowest BCUT2D eigenvalue weighted by Gasteiger charge is -2.22. The molecule has 2 aliphatic rings. The van der Waals surface area contributed by atoms with Crippen molar-refractivity contribution in [2.45, 2.75) is 11.0 Å². The normalized spacial score (nSPS) is 26.8.